The van der Waals surface area contributed by atoms with Gasteiger partial charge >= 0.3 is 0 Å². The van der Waals surface area contributed by atoms with Crippen LogP contribution in [0.15, 0.2) is 72.8 Å². The summed E-state index contributed by atoms with van der Waals surface area (Å²) in [5, 5.41) is 5.72. The van der Waals surface area contributed by atoms with Crippen molar-refractivity contribution in [1.82, 2.24) is 0 Å². The van der Waals surface area contributed by atoms with Gasteiger partial charge in [0.2, 0.25) is 0 Å². The van der Waals surface area contributed by atoms with Crippen molar-refractivity contribution in [2.75, 3.05) is 24.9 Å². The van der Waals surface area contributed by atoms with Gasteiger partial charge in [-0.1, -0.05) is 48.5 Å². The average molecular weight is 486 g/mol. The fraction of sp³-hybridized carbons (Fsp3) is 0.0714. The third-order valence-corrected chi connectivity index (χ3v) is 5.98. The van der Waals surface area contributed by atoms with Crippen molar-refractivity contribution in [2.45, 2.75) is 0 Å². The second-order valence-corrected chi connectivity index (χ2v) is 7.98. The summed E-state index contributed by atoms with van der Waals surface area (Å²) >= 11 is 0. The predicted octanol–water partition coefficient (Wildman–Crippen LogP) is 6.24. The summed E-state index contributed by atoms with van der Waals surface area (Å²) in [7, 11) is 2.88. The molecule has 1 aliphatic rings. The number of benzene rings is 4. The van der Waals surface area contributed by atoms with Crippen LogP contribution in [-0.4, -0.2) is 25.8 Å². The van der Waals surface area contributed by atoms with Crippen LogP contribution in [0.1, 0.15) is 31.8 Å². The molecule has 4 aromatic carbocycles. The van der Waals surface area contributed by atoms with E-state index in [2.05, 4.69) is 10.6 Å². The smallest absolute Gasteiger partial charge is 0.197 e. The fourth-order valence-electron chi connectivity index (χ4n) is 4.26. The molecule has 0 saturated carbocycles. The van der Waals surface area contributed by atoms with Crippen LogP contribution in [0, 0.1) is 11.6 Å². The van der Waals surface area contributed by atoms with E-state index in [-0.39, 0.29) is 22.5 Å². The van der Waals surface area contributed by atoms with Crippen molar-refractivity contribution < 1.29 is 27.8 Å². The Morgan fingerprint density at radius 2 is 0.944 bits per heavy atom. The first-order valence-corrected chi connectivity index (χ1v) is 11.0. The van der Waals surface area contributed by atoms with Crippen LogP contribution in [0.3, 0.4) is 0 Å². The summed E-state index contributed by atoms with van der Waals surface area (Å²) in [6, 6.07) is 19.3. The summed E-state index contributed by atoms with van der Waals surface area (Å²) in [5.41, 5.74) is -1.28. The Kier molecular flexibility index (Phi) is 5.85. The van der Waals surface area contributed by atoms with Crippen LogP contribution in [0.5, 0.6) is 11.5 Å². The molecule has 6 nitrogen and oxygen atoms in total. The molecule has 0 atom stereocenters. The highest BCUT2D eigenvalue weighted by Crippen LogP contribution is 2.43. The highest BCUT2D eigenvalue weighted by atomic mass is 19.1. The lowest BCUT2D eigenvalue weighted by molar-refractivity contribution is 0.0972. The Hall–Kier alpha value is -4.72. The second kappa shape index (κ2) is 9.14. The zero-order chi connectivity index (χ0) is 25.4. The number of carbonyl (C=O) groups is 2. The zero-order valence-electron chi connectivity index (χ0n) is 19.3. The number of anilines is 4. The number of nitrogens with one attached hydrogen (secondary N) is 2. The van der Waals surface area contributed by atoms with Gasteiger partial charge in [0.05, 0.1) is 36.7 Å². The van der Waals surface area contributed by atoms with Crippen LogP contribution >= 0.6 is 0 Å². The Morgan fingerprint density at radius 1 is 0.583 bits per heavy atom. The first-order valence-electron chi connectivity index (χ1n) is 11.0. The number of hydrogen-bond acceptors (Lipinski definition) is 6. The molecule has 0 spiro atoms. The van der Waals surface area contributed by atoms with E-state index in [1.807, 2.05) is 0 Å². The molecule has 0 bridgehead atoms. The molecule has 0 radical (unpaired) electrons. The molecule has 0 unspecified atom stereocenters. The van der Waals surface area contributed by atoms with Gasteiger partial charge in [-0.05, 0) is 24.3 Å². The Labute approximate surface area is 205 Å². The van der Waals surface area contributed by atoms with Gasteiger partial charge in [-0.2, -0.15) is 0 Å². The number of halogens is 2. The van der Waals surface area contributed by atoms with E-state index in [0.29, 0.717) is 22.9 Å². The molecular weight excluding hydrogens is 466 g/mol. The molecule has 0 saturated heterocycles. The second-order valence-electron chi connectivity index (χ2n) is 7.98. The molecular formula is C28H20F2N2O4. The van der Waals surface area contributed by atoms with Crippen molar-refractivity contribution in [3.8, 4) is 11.5 Å². The largest absolute Gasteiger partial charge is 0.495 e. The van der Waals surface area contributed by atoms with Crippen molar-refractivity contribution in [3.63, 3.8) is 0 Å². The number of rotatable bonds is 6. The minimum Gasteiger partial charge on any atom is -0.495 e. The van der Waals surface area contributed by atoms with Crippen LogP contribution in [0.4, 0.5) is 31.5 Å². The van der Waals surface area contributed by atoms with Crippen LogP contribution in [-0.2, 0) is 0 Å². The number of para-hydroxylation sites is 4. The standard InChI is InChI=1S/C28H20F2N2O4/c1-35-19-13-7-5-11-17(19)31-25-23(29)21-22(28(34)16-10-4-3-9-15(16)27(21)33)24(30)26(25)32-18-12-6-8-14-20(18)36-2/h3-14,31-32H,1-2H3. The topological polar surface area (TPSA) is 76.7 Å². The van der Waals surface area contributed by atoms with Gasteiger partial charge in [-0.3, -0.25) is 9.59 Å². The highest BCUT2D eigenvalue weighted by molar-refractivity contribution is 6.29. The number of methoxy groups -OCH3 is 2. The summed E-state index contributed by atoms with van der Waals surface area (Å²) < 4.78 is 43.1. The van der Waals surface area contributed by atoms with Crippen LogP contribution < -0.4 is 20.1 Å². The summed E-state index contributed by atoms with van der Waals surface area (Å²) in [6.07, 6.45) is 0. The lowest BCUT2D eigenvalue weighted by Gasteiger charge is -2.24. The van der Waals surface area contributed by atoms with E-state index in [0.717, 1.165) is 0 Å². The fourth-order valence-corrected chi connectivity index (χ4v) is 4.26. The Bertz CT molecular complexity index is 1420. The molecule has 0 heterocycles. The zero-order valence-corrected chi connectivity index (χ0v) is 19.3. The van der Waals surface area contributed by atoms with E-state index < -0.39 is 34.3 Å². The minimum atomic E-state index is -1.07. The number of ketones is 2. The first-order chi connectivity index (χ1) is 17.5. The molecule has 1 aliphatic carbocycles. The molecule has 4 aromatic rings. The SMILES string of the molecule is COc1ccccc1Nc1c(F)c2c(c(F)c1Nc1ccccc1OC)C(=O)c1ccccc1C2=O. The van der Waals surface area contributed by atoms with E-state index in [1.165, 1.54) is 26.4 Å². The van der Waals surface area contributed by atoms with Gasteiger partial charge in [-0.15, -0.1) is 0 Å². The molecule has 36 heavy (non-hydrogen) atoms. The maximum absolute atomic E-state index is 16.2. The van der Waals surface area contributed by atoms with Crippen LogP contribution in [0.25, 0.3) is 0 Å². The third kappa shape index (κ3) is 3.63. The highest BCUT2D eigenvalue weighted by Gasteiger charge is 2.38. The number of hydrogen-bond donors (Lipinski definition) is 2. The number of carbonyl (C=O) groups excluding carboxylic acids is 2. The third-order valence-electron chi connectivity index (χ3n) is 5.98. The Balaban J connectivity index is 1.78. The molecule has 0 fully saturated rings. The van der Waals surface area contributed by atoms with Gasteiger partial charge < -0.3 is 20.1 Å². The molecule has 8 heteroatoms. The molecule has 0 aromatic heterocycles. The van der Waals surface area contributed by atoms with E-state index in [1.54, 1.807) is 60.7 Å². The van der Waals surface area contributed by atoms with Gasteiger partial charge in [0.15, 0.2) is 23.2 Å². The molecule has 2 N–H and O–H groups in total. The molecule has 180 valence electrons. The van der Waals surface area contributed by atoms with Gasteiger partial charge in [-0.25, -0.2) is 8.78 Å². The maximum atomic E-state index is 16.2. The van der Waals surface area contributed by atoms with E-state index in [9.17, 15) is 9.59 Å². The molecule has 5 rings (SSSR count). The normalized spacial score (nSPS) is 12.0. The Morgan fingerprint density at radius 3 is 1.33 bits per heavy atom. The predicted molar refractivity (Wildman–Crippen MR) is 132 cm³/mol. The van der Waals surface area contributed by atoms with Gasteiger partial charge in [0.25, 0.3) is 0 Å². The summed E-state index contributed by atoms with van der Waals surface area (Å²) in [4.78, 5) is 26.5. The van der Waals surface area contributed by atoms with Crippen molar-refractivity contribution in [1.29, 1.82) is 0 Å². The average Bonchev–Trinajstić information content (AvgIpc) is 2.91. The summed E-state index contributed by atoms with van der Waals surface area (Å²) in [6.45, 7) is 0. The quantitative estimate of drug-likeness (QED) is 0.296. The molecule has 0 amide bonds. The van der Waals surface area contributed by atoms with E-state index in [4.69, 9.17) is 9.47 Å². The van der Waals surface area contributed by atoms with Crippen LogP contribution in [0.2, 0.25) is 0 Å². The number of ether oxygens (including phenoxy) is 2. The van der Waals surface area contributed by atoms with Crippen molar-refractivity contribution in [2.24, 2.45) is 0 Å². The monoisotopic (exact) mass is 486 g/mol. The van der Waals surface area contributed by atoms with Gasteiger partial charge in [0.1, 0.15) is 22.9 Å². The minimum absolute atomic E-state index is 0.0157. The van der Waals surface area contributed by atoms with Gasteiger partial charge in [0, 0.05) is 11.1 Å². The lowest BCUT2D eigenvalue weighted by Crippen LogP contribution is -2.25. The van der Waals surface area contributed by atoms with Crippen molar-refractivity contribution >= 4 is 34.3 Å². The lowest BCUT2D eigenvalue weighted by atomic mass is 9.82. The summed E-state index contributed by atoms with van der Waals surface area (Å²) in [5.74, 6) is -2.95. The van der Waals surface area contributed by atoms with Crippen molar-refractivity contribution in [3.05, 3.63) is 107 Å². The molecule has 0 aliphatic heterocycles. The van der Waals surface area contributed by atoms with E-state index >= 15 is 8.78 Å². The first kappa shape index (κ1) is 23.0. The number of fused-ring (bicyclic) bond motifs is 2. The maximum Gasteiger partial charge on any atom is 0.197 e.